The minimum atomic E-state index is -0.333. The van der Waals surface area contributed by atoms with Crippen LogP contribution in [0.4, 0.5) is 0 Å². The van der Waals surface area contributed by atoms with Crippen molar-refractivity contribution in [2.45, 2.75) is 26.3 Å². The van der Waals surface area contributed by atoms with Gasteiger partial charge in [0.15, 0.2) is 5.96 Å². The van der Waals surface area contributed by atoms with Gasteiger partial charge in [-0.15, -0.1) is 24.0 Å². The third-order valence-electron chi connectivity index (χ3n) is 3.58. The van der Waals surface area contributed by atoms with Crippen molar-refractivity contribution in [1.82, 2.24) is 10.6 Å². The number of halogens is 1. The molecule has 0 unspecified atom stereocenters. The molecule has 6 nitrogen and oxygen atoms in total. The topological polar surface area (TPSA) is 75.9 Å². The second kappa shape index (κ2) is 12.3. The van der Waals surface area contributed by atoms with Crippen LogP contribution in [0.1, 0.15) is 35.0 Å². The Balaban J connectivity index is 0.00000338. The lowest BCUT2D eigenvalue weighted by Crippen LogP contribution is -2.38. The van der Waals surface area contributed by atoms with Crippen molar-refractivity contribution >= 4 is 35.9 Å². The predicted octanol–water partition coefficient (Wildman–Crippen LogP) is 3.37. The van der Waals surface area contributed by atoms with Crippen LogP contribution in [-0.2, 0) is 17.7 Å². The van der Waals surface area contributed by atoms with E-state index < -0.39 is 0 Å². The van der Waals surface area contributed by atoms with Crippen LogP contribution in [0.25, 0.3) is 0 Å². The first-order valence-electron chi connectivity index (χ1n) is 8.44. The minimum absolute atomic E-state index is 0. The van der Waals surface area contributed by atoms with E-state index in [9.17, 15) is 4.79 Å². The molecule has 0 atom stereocenters. The first kappa shape index (κ1) is 22.0. The summed E-state index contributed by atoms with van der Waals surface area (Å²) < 4.78 is 10.0. The Hall–Kier alpha value is -2.03. The quantitative estimate of drug-likeness (QED) is 0.267. The molecule has 0 aliphatic heterocycles. The van der Waals surface area contributed by atoms with Crippen LogP contribution in [0.3, 0.4) is 0 Å². The SMILES string of the molecule is CCCNC(=NCc1ccc(C(=O)OC)cc1)NCCc1ccco1.I. The van der Waals surface area contributed by atoms with Crippen LogP contribution in [-0.4, -0.2) is 32.1 Å². The zero-order valence-electron chi connectivity index (χ0n) is 15.2. The summed E-state index contributed by atoms with van der Waals surface area (Å²) in [5.41, 5.74) is 1.56. The van der Waals surface area contributed by atoms with Crippen LogP contribution in [0, 0.1) is 0 Å². The molecule has 142 valence electrons. The van der Waals surface area contributed by atoms with Crippen molar-refractivity contribution in [2.24, 2.45) is 4.99 Å². The number of hydrogen-bond acceptors (Lipinski definition) is 4. The highest BCUT2D eigenvalue weighted by molar-refractivity contribution is 14.0. The summed E-state index contributed by atoms with van der Waals surface area (Å²) in [5, 5.41) is 6.60. The molecule has 7 heteroatoms. The third-order valence-corrected chi connectivity index (χ3v) is 3.58. The molecule has 2 aromatic rings. The van der Waals surface area contributed by atoms with E-state index in [0.717, 1.165) is 43.2 Å². The van der Waals surface area contributed by atoms with E-state index in [-0.39, 0.29) is 29.9 Å². The summed E-state index contributed by atoms with van der Waals surface area (Å²) in [7, 11) is 1.38. The molecule has 0 aliphatic carbocycles. The second-order valence-electron chi connectivity index (χ2n) is 5.54. The van der Waals surface area contributed by atoms with Crippen molar-refractivity contribution in [3.05, 3.63) is 59.5 Å². The van der Waals surface area contributed by atoms with E-state index >= 15 is 0 Å². The largest absolute Gasteiger partial charge is 0.469 e. The smallest absolute Gasteiger partial charge is 0.337 e. The average molecular weight is 471 g/mol. The first-order chi connectivity index (χ1) is 12.2. The summed E-state index contributed by atoms with van der Waals surface area (Å²) in [6.45, 7) is 4.23. The number of aliphatic imine (C=N–C) groups is 1. The Morgan fingerprint density at radius 2 is 1.88 bits per heavy atom. The second-order valence-corrected chi connectivity index (χ2v) is 5.54. The zero-order valence-corrected chi connectivity index (χ0v) is 17.5. The number of rotatable bonds is 8. The Morgan fingerprint density at radius 1 is 1.15 bits per heavy atom. The normalized spacial score (nSPS) is 10.8. The molecule has 1 aromatic heterocycles. The number of methoxy groups -OCH3 is 1. The van der Waals surface area contributed by atoms with Crippen LogP contribution in [0.15, 0.2) is 52.1 Å². The van der Waals surface area contributed by atoms with Crippen molar-refractivity contribution in [3.63, 3.8) is 0 Å². The molecule has 0 spiro atoms. The molecule has 1 heterocycles. The molecule has 0 saturated carbocycles. The van der Waals surface area contributed by atoms with Gasteiger partial charge in [-0.2, -0.15) is 0 Å². The summed E-state index contributed by atoms with van der Waals surface area (Å²) in [5.74, 6) is 1.38. The van der Waals surface area contributed by atoms with Crippen molar-refractivity contribution in [3.8, 4) is 0 Å². The Bertz CT molecular complexity index is 670. The monoisotopic (exact) mass is 471 g/mol. The van der Waals surface area contributed by atoms with E-state index in [0.29, 0.717) is 12.1 Å². The number of furan rings is 1. The van der Waals surface area contributed by atoms with E-state index in [1.54, 1.807) is 18.4 Å². The number of hydrogen-bond donors (Lipinski definition) is 2. The number of benzene rings is 1. The molecule has 0 fully saturated rings. The summed E-state index contributed by atoms with van der Waals surface area (Å²) in [6, 6.07) is 11.1. The maximum absolute atomic E-state index is 11.4. The zero-order chi connectivity index (χ0) is 17.9. The van der Waals surface area contributed by atoms with E-state index in [1.165, 1.54) is 7.11 Å². The first-order valence-corrected chi connectivity index (χ1v) is 8.44. The number of guanidine groups is 1. The molecule has 2 rings (SSSR count). The van der Waals surface area contributed by atoms with E-state index in [4.69, 9.17) is 9.15 Å². The Kier molecular flexibility index (Phi) is 10.5. The number of ether oxygens (including phenoxy) is 1. The molecule has 26 heavy (non-hydrogen) atoms. The van der Waals surface area contributed by atoms with E-state index in [2.05, 4.69) is 22.5 Å². The summed E-state index contributed by atoms with van der Waals surface area (Å²) >= 11 is 0. The third kappa shape index (κ3) is 7.47. The van der Waals surface area contributed by atoms with E-state index in [1.807, 2.05) is 24.3 Å². The molecule has 1 aromatic carbocycles. The highest BCUT2D eigenvalue weighted by atomic mass is 127. The van der Waals surface area contributed by atoms with Gasteiger partial charge in [-0.3, -0.25) is 0 Å². The van der Waals surface area contributed by atoms with Gasteiger partial charge in [0.05, 0.1) is 25.5 Å². The molecular formula is C19H26IN3O3. The molecule has 0 amide bonds. The summed E-state index contributed by atoms with van der Waals surface area (Å²) in [6.07, 6.45) is 3.50. The van der Waals surface area contributed by atoms with Gasteiger partial charge in [0, 0.05) is 19.5 Å². The van der Waals surface area contributed by atoms with Gasteiger partial charge >= 0.3 is 5.97 Å². The van der Waals surface area contributed by atoms with Gasteiger partial charge in [0.25, 0.3) is 0 Å². The van der Waals surface area contributed by atoms with Crippen LogP contribution in [0.2, 0.25) is 0 Å². The van der Waals surface area contributed by atoms with Crippen LogP contribution >= 0.6 is 24.0 Å². The van der Waals surface area contributed by atoms with Gasteiger partial charge in [-0.25, -0.2) is 9.79 Å². The van der Waals surface area contributed by atoms with Crippen molar-refractivity contribution in [1.29, 1.82) is 0 Å². The average Bonchev–Trinajstić information content (AvgIpc) is 3.16. The number of carbonyl (C=O) groups excluding carboxylic acids is 1. The standard InChI is InChI=1S/C19H25N3O3.HI/c1-3-11-20-19(21-12-10-17-5-4-13-25-17)22-14-15-6-8-16(9-7-15)18(23)24-2;/h4-9,13H,3,10-12,14H2,1-2H3,(H2,20,21,22);1H. The lowest BCUT2D eigenvalue weighted by molar-refractivity contribution is 0.0600. The highest BCUT2D eigenvalue weighted by Crippen LogP contribution is 2.07. The molecule has 0 radical (unpaired) electrons. The maximum atomic E-state index is 11.4. The van der Waals surface area contributed by atoms with Gasteiger partial charge in [0.2, 0.25) is 0 Å². The van der Waals surface area contributed by atoms with Crippen molar-refractivity contribution in [2.75, 3.05) is 20.2 Å². The fourth-order valence-corrected chi connectivity index (χ4v) is 2.21. The highest BCUT2D eigenvalue weighted by Gasteiger charge is 2.04. The predicted molar refractivity (Wildman–Crippen MR) is 113 cm³/mol. The molecule has 0 bridgehead atoms. The molecule has 0 saturated heterocycles. The Morgan fingerprint density at radius 3 is 2.50 bits per heavy atom. The van der Waals surface area contributed by atoms with Gasteiger partial charge in [0.1, 0.15) is 5.76 Å². The van der Waals surface area contributed by atoms with Crippen molar-refractivity contribution < 1.29 is 13.9 Å². The number of nitrogens with zero attached hydrogens (tertiary/aromatic N) is 1. The minimum Gasteiger partial charge on any atom is -0.469 e. The van der Waals surface area contributed by atoms with Gasteiger partial charge in [-0.05, 0) is 36.2 Å². The summed E-state index contributed by atoms with van der Waals surface area (Å²) in [4.78, 5) is 16.0. The number of esters is 1. The maximum Gasteiger partial charge on any atom is 0.337 e. The Labute approximate surface area is 171 Å². The van der Waals surface area contributed by atoms with Gasteiger partial charge in [-0.1, -0.05) is 19.1 Å². The fraction of sp³-hybridized carbons (Fsp3) is 0.368. The van der Waals surface area contributed by atoms with Crippen LogP contribution in [0.5, 0.6) is 0 Å². The lowest BCUT2D eigenvalue weighted by Gasteiger charge is -2.11. The number of nitrogens with one attached hydrogen (secondary N) is 2. The fourth-order valence-electron chi connectivity index (χ4n) is 2.21. The number of carbonyl (C=O) groups is 1. The molecule has 0 aliphatic rings. The molecule has 2 N–H and O–H groups in total. The van der Waals surface area contributed by atoms with Crippen LogP contribution < -0.4 is 10.6 Å². The lowest BCUT2D eigenvalue weighted by atomic mass is 10.1. The van der Waals surface area contributed by atoms with Gasteiger partial charge < -0.3 is 19.8 Å². The molecular weight excluding hydrogens is 445 g/mol.